The minimum Gasteiger partial charge on any atom is -0.462 e. The summed E-state index contributed by atoms with van der Waals surface area (Å²) in [5.74, 6) is -0.909. The minimum atomic E-state index is -0.792. The molecule has 0 heterocycles. The third-order valence-electron chi connectivity index (χ3n) is 13.3. The predicted octanol–water partition coefficient (Wildman–Crippen LogP) is 21.3. The standard InChI is InChI=1S/C68H116O6/c1-4-7-10-13-16-19-22-25-28-31-32-33-34-35-36-38-40-43-46-49-52-55-58-61-67(70)73-64-65(63-72-66(69)60-57-54-51-48-45-42-39-30-27-24-21-18-15-12-9-6-3)74-68(71)62-59-56-53-50-47-44-41-37-29-26-23-20-17-14-11-8-5-2/h7,10,16,19,21,24-26,28-30,32-33,35-36,39,65H,4-6,8-9,11-15,17-18,20,22-23,27,31,34,37-38,40-64H2,1-3H3/b10-7-,19-16-,24-21-,28-25-,29-26-,33-32-,36-35-,39-30-. The van der Waals surface area contributed by atoms with Gasteiger partial charge in [-0.2, -0.15) is 0 Å². The van der Waals surface area contributed by atoms with Crippen LogP contribution in [0.4, 0.5) is 0 Å². The van der Waals surface area contributed by atoms with Crippen molar-refractivity contribution in [3.63, 3.8) is 0 Å². The van der Waals surface area contributed by atoms with Crippen LogP contribution in [-0.2, 0) is 28.6 Å². The first-order valence-electron chi connectivity index (χ1n) is 31.2. The highest BCUT2D eigenvalue weighted by atomic mass is 16.6. The summed E-state index contributed by atoms with van der Waals surface area (Å²) in [5, 5.41) is 0. The van der Waals surface area contributed by atoms with Crippen LogP contribution in [0.3, 0.4) is 0 Å². The van der Waals surface area contributed by atoms with Crippen molar-refractivity contribution in [2.75, 3.05) is 13.2 Å². The molecule has 6 heteroatoms. The quantitative estimate of drug-likeness (QED) is 0.0261. The van der Waals surface area contributed by atoms with Gasteiger partial charge in [-0.25, -0.2) is 0 Å². The summed E-state index contributed by atoms with van der Waals surface area (Å²) in [7, 11) is 0. The van der Waals surface area contributed by atoms with E-state index in [2.05, 4.69) is 118 Å². The van der Waals surface area contributed by atoms with E-state index in [1.54, 1.807) is 0 Å². The van der Waals surface area contributed by atoms with Crippen LogP contribution in [0.25, 0.3) is 0 Å². The number of unbranched alkanes of at least 4 members (excludes halogenated alkanes) is 29. The Labute approximate surface area is 457 Å². The number of ether oxygens (including phenoxy) is 3. The van der Waals surface area contributed by atoms with Crippen LogP contribution in [0.15, 0.2) is 97.2 Å². The van der Waals surface area contributed by atoms with Crippen LogP contribution in [0.5, 0.6) is 0 Å². The fourth-order valence-corrected chi connectivity index (χ4v) is 8.61. The lowest BCUT2D eigenvalue weighted by Crippen LogP contribution is -2.30. The van der Waals surface area contributed by atoms with Crippen molar-refractivity contribution in [3.8, 4) is 0 Å². The molecule has 1 unspecified atom stereocenters. The van der Waals surface area contributed by atoms with Crippen LogP contribution in [0.2, 0.25) is 0 Å². The van der Waals surface area contributed by atoms with Crippen LogP contribution in [0.1, 0.15) is 297 Å². The third-order valence-corrected chi connectivity index (χ3v) is 13.3. The molecule has 0 saturated carbocycles. The number of hydrogen-bond donors (Lipinski definition) is 0. The van der Waals surface area contributed by atoms with Gasteiger partial charge in [0.25, 0.3) is 0 Å². The molecule has 0 amide bonds. The van der Waals surface area contributed by atoms with E-state index in [-0.39, 0.29) is 31.1 Å². The molecule has 1 atom stereocenters. The fraction of sp³-hybridized carbons (Fsp3) is 0.721. The summed E-state index contributed by atoms with van der Waals surface area (Å²) in [5.41, 5.74) is 0. The monoisotopic (exact) mass is 1030 g/mol. The average molecular weight is 1030 g/mol. The van der Waals surface area contributed by atoms with Crippen LogP contribution < -0.4 is 0 Å². The van der Waals surface area contributed by atoms with Crippen LogP contribution >= 0.6 is 0 Å². The molecule has 0 fully saturated rings. The Balaban J connectivity index is 4.41. The molecule has 0 spiro atoms. The molecule has 0 radical (unpaired) electrons. The van der Waals surface area contributed by atoms with Crippen LogP contribution in [-0.4, -0.2) is 37.2 Å². The number of carbonyl (C=O) groups is 3. The van der Waals surface area contributed by atoms with E-state index in [1.165, 1.54) is 141 Å². The number of hydrogen-bond acceptors (Lipinski definition) is 6. The Bertz CT molecular complexity index is 1460. The van der Waals surface area contributed by atoms with E-state index in [1.807, 2.05) is 0 Å². The molecule has 0 rings (SSSR count). The highest BCUT2D eigenvalue weighted by Crippen LogP contribution is 2.15. The van der Waals surface area contributed by atoms with Crippen molar-refractivity contribution in [2.24, 2.45) is 0 Å². The van der Waals surface area contributed by atoms with E-state index >= 15 is 0 Å². The Morgan fingerprint density at radius 1 is 0.284 bits per heavy atom. The summed E-state index contributed by atoms with van der Waals surface area (Å²) in [4.78, 5) is 38.3. The molecule has 424 valence electrons. The second-order valence-electron chi connectivity index (χ2n) is 20.6. The van der Waals surface area contributed by atoms with E-state index in [0.29, 0.717) is 19.3 Å². The van der Waals surface area contributed by atoms with Crippen molar-refractivity contribution in [1.29, 1.82) is 0 Å². The highest BCUT2D eigenvalue weighted by Gasteiger charge is 2.19. The van der Waals surface area contributed by atoms with Gasteiger partial charge in [0, 0.05) is 19.3 Å². The lowest BCUT2D eigenvalue weighted by Gasteiger charge is -2.18. The Kier molecular flexibility index (Phi) is 58.8. The van der Waals surface area contributed by atoms with Crippen molar-refractivity contribution in [1.82, 2.24) is 0 Å². The molecule has 0 aliphatic rings. The zero-order chi connectivity index (χ0) is 53.6. The molecule has 0 bridgehead atoms. The van der Waals surface area contributed by atoms with E-state index in [4.69, 9.17) is 14.2 Å². The Morgan fingerprint density at radius 2 is 0.527 bits per heavy atom. The smallest absolute Gasteiger partial charge is 0.306 e. The molecule has 0 aromatic carbocycles. The highest BCUT2D eigenvalue weighted by molar-refractivity contribution is 5.71. The van der Waals surface area contributed by atoms with Crippen LogP contribution in [0, 0.1) is 0 Å². The maximum atomic E-state index is 12.9. The van der Waals surface area contributed by atoms with E-state index < -0.39 is 6.10 Å². The van der Waals surface area contributed by atoms with Gasteiger partial charge in [-0.05, 0) is 122 Å². The fourth-order valence-electron chi connectivity index (χ4n) is 8.61. The zero-order valence-corrected chi connectivity index (χ0v) is 48.6. The van der Waals surface area contributed by atoms with Crippen molar-refractivity contribution in [2.45, 2.75) is 303 Å². The van der Waals surface area contributed by atoms with Crippen molar-refractivity contribution in [3.05, 3.63) is 97.2 Å². The summed E-state index contributed by atoms with van der Waals surface area (Å²) in [6.07, 6.45) is 82.5. The molecule has 74 heavy (non-hydrogen) atoms. The molecule has 0 N–H and O–H groups in total. The molecule has 0 aliphatic heterocycles. The summed E-state index contributed by atoms with van der Waals surface area (Å²) in [6.45, 7) is 6.50. The van der Waals surface area contributed by atoms with E-state index in [9.17, 15) is 14.4 Å². The first-order chi connectivity index (χ1) is 36.5. The normalized spacial score (nSPS) is 12.7. The minimum absolute atomic E-state index is 0.0895. The second kappa shape index (κ2) is 61.9. The number of carbonyl (C=O) groups excluding carboxylic acids is 3. The summed E-state index contributed by atoms with van der Waals surface area (Å²) < 4.78 is 16.9. The first-order valence-corrected chi connectivity index (χ1v) is 31.2. The summed E-state index contributed by atoms with van der Waals surface area (Å²) in [6, 6.07) is 0. The molecule has 0 aliphatic carbocycles. The number of allylic oxidation sites excluding steroid dienone is 16. The maximum absolute atomic E-state index is 12.9. The van der Waals surface area contributed by atoms with Crippen molar-refractivity contribution < 1.29 is 28.6 Å². The van der Waals surface area contributed by atoms with Gasteiger partial charge in [0.2, 0.25) is 0 Å². The number of rotatable bonds is 56. The third kappa shape index (κ3) is 59.2. The van der Waals surface area contributed by atoms with Crippen molar-refractivity contribution >= 4 is 17.9 Å². The van der Waals surface area contributed by atoms with Gasteiger partial charge in [-0.15, -0.1) is 0 Å². The number of esters is 3. The van der Waals surface area contributed by atoms with Gasteiger partial charge in [0.1, 0.15) is 13.2 Å². The molecule has 0 aromatic heterocycles. The average Bonchev–Trinajstić information content (AvgIpc) is 3.40. The van der Waals surface area contributed by atoms with Gasteiger partial charge in [0.15, 0.2) is 6.10 Å². The first kappa shape index (κ1) is 70.3. The lowest BCUT2D eigenvalue weighted by molar-refractivity contribution is -0.167. The topological polar surface area (TPSA) is 78.9 Å². The van der Waals surface area contributed by atoms with Gasteiger partial charge >= 0.3 is 17.9 Å². The molecular formula is C68H116O6. The lowest BCUT2D eigenvalue weighted by atomic mass is 10.1. The largest absolute Gasteiger partial charge is 0.462 e. The maximum Gasteiger partial charge on any atom is 0.306 e. The Hall–Kier alpha value is -3.67. The molecular weight excluding hydrogens is 913 g/mol. The summed E-state index contributed by atoms with van der Waals surface area (Å²) >= 11 is 0. The molecule has 6 nitrogen and oxygen atoms in total. The van der Waals surface area contributed by atoms with Gasteiger partial charge in [-0.1, -0.05) is 253 Å². The predicted molar refractivity (Wildman–Crippen MR) is 320 cm³/mol. The zero-order valence-electron chi connectivity index (χ0n) is 48.6. The molecule has 0 aromatic rings. The van der Waals surface area contributed by atoms with E-state index in [0.717, 1.165) is 116 Å². The van der Waals surface area contributed by atoms with Gasteiger partial charge < -0.3 is 14.2 Å². The SMILES string of the molecule is CC/C=C\C/C=C\C/C=C\C/C=C\C/C=C\CCCCCCCCCC(=O)OCC(COC(=O)CCCCCCC/C=C\C/C=C\CCCCCC)OC(=O)CCCCCCCCC/C=C\CCCCCCCC. The second-order valence-corrected chi connectivity index (χ2v) is 20.6. The molecule has 0 saturated heterocycles. The Morgan fingerprint density at radius 3 is 0.851 bits per heavy atom. The van der Waals surface area contributed by atoms with Gasteiger partial charge in [0.05, 0.1) is 0 Å². The van der Waals surface area contributed by atoms with Gasteiger partial charge in [-0.3, -0.25) is 14.4 Å².